The van der Waals surface area contributed by atoms with Gasteiger partial charge in [-0.05, 0) is 6.92 Å². The summed E-state index contributed by atoms with van der Waals surface area (Å²) >= 11 is 0. The summed E-state index contributed by atoms with van der Waals surface area (Å²) in [6.07, 6.45) is 4.50. The Hall–Kier alpha value is -2.24. The zero-order chi connectivity index (χ0) is 12.4. The fourth-order valence-electron chi connectivity index (χ4n) is 1.54. The number of hydrogen-bond donors (Lipinski definition) is 0. The average molecular weight is 233 g/mol. The average Bonchev–Trinajstić information content (AvgIpc) is 2.38. The number of aromatic nitrogens is 2. The quantitative estimate of drug-likeness (QED) is 0.704. The molecule has 0 aliphatic carbocycles. The van der Waals surface area contributed by atoms with Crippen molar-refractivity contribution in [3.8, 4) is 5.75 Å². The van der Waals surface area contributed by atoms with Gasteiger partial charge in [0.25, 0.3) is 10.9 Å². The molecule has 6 heteroatoms. The summed E-state index contributed by atoms with van der Waals surface area (Å²) in [5.74, 6) is 0.115. The van der Waals surface area contributed by atoms with E-state index >= 15 is 0 Å². The first kappa shape index (κ1) is 11.3. The van der Waals surface area contributed by atoms with Gasteiger partial charge < -0.3 is 9.64 Å². The molecule has 17 heavy (non-hydrogen) atoms. The van der Waals surface area contributed by atoms with Gasteiger partial charge in [-0.15, -0.1) is 0 Å². The molecule has 0 saturated heterocycles. The Bertz CT molecular complexity index is 588. The van der Waals surface area contributed by atoms with Crippen molar-refractivity contribution < 1.29 is 4.74 Å². The smallest absolute Gasteiger partial charge is 0.272 e. The Kier molecular flexibility index (Phi) is 2.86. The van der Waals surface area contributed by atoms with Gasteiger partial charge in [-0.1, -0.05) is 0 Å². The first-order valence-corrected chi connectivity index (χ1v) is 5.11. The van der Waals surface area contributed by atoms with E-state index in [0.717, 1.165) is 0 Å². The fraction of sp³-hybridized carbons (Fsp3) is 0.273. The van der Waals surface area contributed by atoms with Crippen LogP contribution in [-0.2, 0) is 0 Å². The van der Waals surface area contributed by atoms with E-state index in [2.05, 4.69) is 9.97 Å². The molecule has 88 valence electrons. The van der Waals surface area contributed by atoms with E-state index in [1.54, 1.807) is 31.3 Å². The van der Waals surface area contributed by atoms with Gasteiger partial charge in [-0.25, -0.2) is 9.97 Å². The van der Waals surface area contributed by atoms with Crippen LogP contribution >= 0.6 is 0 Å². The van der Waals surface area contributed by atoms with E-state index in [9.17, 15) is 9.59 Å². The van der Waals surface area contributed by atoms with Crippen LogP contribution in [0.1, 0.15) is 6.92 Å². The molecule has 0 radical (unpaired) electrons. The molecule has 0 bridgehead atoms. The van der Waals surface area contributed by atoms with Crippen molar-refractivity contribution in [3.63, 3.8) is 0 Å². The molecule has 0 saturated carbocycles. The second-order valence-electron chi connectivity index (χ2n) is 3.42. The lowest BCUT2D eigenvalue weighted by atomic mass is 10.2. The van der Waals surface area contributed by atoms with Crippen molar-refractivity contribution in [2.24, 2.45) is 0 Å². The molecule has 0 N–H and O–H groups in total. The number of nitrogens with zero attached hydrogens (tertiary/aromatic N) is 3. The largest absolute Gasteiger partial charge is 0.488 e. The molecule has 6 nitrogen and oxygen atoms in total. The minimum atomic E-state index is -0.578. The topological polar surface area (TPSA) is 72.4 Å². The van der Waals surface area contributed by atoms with Crippen LogP contribution in [0.3, 0.4) is 0 Å². The summed E-state index contributed by atoms with van der Waals surface area (Å²) in [5.41, 5.74) is -0.238. The van der Waals surface area contributed by atoms with Crippen molar-refractivity contribution in [2.75, 3.05) is 18.6 Å². The van der Waals surface area contributed by atoms with Crippen LogP contribution in [0.4, 0.5) is 11.4 Å². The van der Waals surface area contributed by atoms with Gasteiger partial charge in [0.15, 0.2) is 5.75 Å². The number of hydrogen-bond acceptors (Lipinski definition) is 6. The Labute approximate surface area is 97.2 Å². The van der Waals surface area contributed by atoms with E-state index in [4.69, 9.17) is 4.74 Å². The van der Waals surface area contributed by atoms with E-state index in [-0.39, 0.29) is 11.4 Å². The molecule has 1 aromatic heterocycles. The highest BCUT2D eigenvalue weighted by atomic mass is 16.5. The first-order valence-electron chi connectivity index (χ1n) is 5.11. The van der Waals surface area contributed by atoms with Crippen molar-refractivity contribution >= 4 is 11.4 Å². The van der Waals surface area contributed by atoms with Crippen molar-refractivity contribution in [2.45, 2.75) is 6.92 Å². The highest BCUT2D eigenvalue weighted by molar-refractivity contribution is 5.71. The summed E-state index contributed by atoms with van der Waals surface area (Å²) in [5, 5.41) is 0. The monoisotopic (exact) mass is 233 g/mol. The molecule has 2 rings (SSSR count). The highest BCUT2D eigenvalue weighted by Gasteiger charge is 2.26. The van der Waals surface area contributed by atoms with Gasteiger partial charge in [0, 0.05) is 7.05 Å². The molecule has 0 spiro atoms. The maximum Gasteiger partial charge on any atom is 0.272 e. The summed E-state index contributed by atoms with van der Waals surface area (Å²) in [7, 11) is 1.66. The van der Waals surface area contributed by atoms with E-state index < -0.39 is 10.9 Å². The van der Waals surface area contributed by atoms with Gasteiger partial charge >= 0.3 is 0 Å². The summed E-state index contributed by atoms with van der Waals surface area (Å²) in [4.78, 5) is 32.0. The Balaban J connectivity index is 2.39. The maximum absolute atomic E-state index is 11.5. The minimum Gasteiger partial charge on any atom is -0.488 e. The van der Waals surface area contributed by atoms with Crippen LogP contribution in [0.25, 0.3) is 0 Å². The van der Waals surface area contributed by atoms with Crippen molar-refractivity contribution in [1.29, 1.82) is 0 Å². The number of ether oxygens (including phenoxy) is 1. The maximum atomic E-state index is 11.5. The lowest BCUT2D eigenvalue weighted by Crippen LogP contribution is -2.38. The fourth-order valence-corrected chi connectivity index (χ4v) is 1.54. The third-order valence-corrected chi connectivity index (χ3v) is 2.40. The van der Waals surface area contributed by atoms with Gasteiger partial charge in [0.1, 0.15) is 12.0 Å². The predicted octanol–water partition coefficient (Wildman–Crippen LogP) is 0.239. The Morgan fingerprint density at radius 1 is 1.24 bits per heavy atom. The van der Waals surface area contributed by atoms with Crippen molar-refractivity contribution in [3.05, 3.63) is 39.2 Å². The number of anilines is 2. The molecule has 1 aromatic carbocycles. The SMILES string of the molecule is CCOc1c(N(C)c2cncnc2)c(=O)c1=O. The number of rotatable bonds is 4. The van der Waals surface area contributed by atoms with Crippen LogP contribution in [0, 0.1) is 0 Å². The third kappa shape index (κ3) is 1.77. The lowest BCUT2D eigenvalue weighted by Gasteiger charge is -2.21. The van der Waals surface area contributed by atoms with Gasteiger partial charge in [-0.2, -0.15) is 0 Å². The zero-order valence-electron chi connectivity index (χ0n) is 9.51. The summed E-state index contributed by atoms with van der Waals surface area (Å²) in [6, 6.07) is 0. The molecule has 0 aliphatic heterocycles. The van der Waals surface area contributed by atoms with Gasteiger partial charge in [-0.3, -0.25) is 9.59 Å². The third-order valence-electron chi connectivity index (χ3n) is 2.40. The van der Waals surface area contributed by atoms with Crippen LogP contribution in [0.2, 0.25) is 0 Å². The van der Waals surface area contributed by atoms with Crippen molar-refractivity contribution in [1.82, 2.24) is 9.97 Å². The second-order valence-corrected chi connectivity index (χ2v) is 3.42. The first-order chi connectivity index (χ1) is 8.16. The standard InChI is InChI=1S/C11H11N3O3/c1-3-17-11-8(9(15)10(11)16)14(2)7-4-12-6-13-5-7/h4-6H,3H2,1-2H3. The minimum absolute atomic E-state index is 0.115. The van der Waals surface area contributed by atoms with Crippen LogP contribution in [0.15, 0.2) is 28.3 Å². The molecule has 1 heterocycles. The molecule has 0 atom stereocenters. The summed E-state index contributed by atoms with van der Waals surface area (Å²) < 4.78 is 5.14. The normalized spacial score (nSPS) is 10.5. The predicted molar refractivity (Wildman–Crippen MR) is 62.6 cm³/mol. The molecule has 0 unspecified atom stereocenters. The highest BCUT2D eigenvalue weighted by Crippen LogP contribution is 2.27. The Morgan fingerprint density at radius 3 is 2.47 bits per heavy atom. The molecule has 0 aliphatic rings. The molecule has 2 aromatic rings. The van der Waals surface area contributed by atoms with Crippen LogP contribution in [-0.4, -0.2) is 23.6 Å². The van der Waals surface area contributed by atoms with Gasteiger partial charge in [0.2, 0.25) is 0 Å². The van der Waals surface area contributed by atoms with Crippen LogP contribution < -0.4 is 20.5 Å². The molecule has 0 fully saturated rings. The van der Waals surface area contributed by atoms with Gasteiger partial charge in [0.05, 0.1) is 24.7 Å². The van der Waals surface area contributed by atoms with E-state index in [1.807, 2.05) is 0 Å². The molecular formula is C11H11N3O3. The van der Waals surface area contributed by atoms with E-state index in [1.165, 1.54) is 6.33 Å². The van der Waals surface area contributed by atoms with Crippen LogP contribution in [0.5, 0.6) is 5.75 Å². The molecular weight excluding hydrogens is 222 g/mol. The summed E-state index contributed by atoms with van der Waals surface area (Å²) in [6.45, 7) is 2.10. The second kappa shape index (κ2) is 4.32. The van der Waals surface area contributed by atoms with E-state index in [0.29, 0.717) is 12.3 Å². The zero-order valence-corrected chi connectivity index (χ0v) is 9.51. The Morgan fingerprint density at radius 2 is 1.88 bits per heavy atom. The lowest BCUT2D eigenvalue weighted by molar-refractivity contribution is 0.334. The molecule has 0 amide bonds.